The van der Waals surface area contributed by atoms with Crippen molar-refractivity contribution in [1.29, 1.82) is 0 Å². The highest BCUT2D eigenvalue weighted by molar-refractivity contribution is 5.89. The quantitative estimate of drug-likeness (QED) is 0.262. The van der Waals surface area contributed by atoms with E-state index in [-0.39, 0.29) is 22.6 Å². The molecule has 0 aliphatic heterocycles. The highest BCUT2D eigenvalue weighted by Crippen LogP contribution is 2.37. The maximum absolute atomic E-state index is 13.8. The Hall–Kier alpha value is -4.34. The van der Waals surface area contributed by atoms with Crippen molar-refractivity contribution in [2.24, 2.45) is 17.0 Å². The first-order valence-electron chi connectivity index (χ1n) is 10.7. The number of aromatic nitrogens is 3. The Balaban J connectivity index is 1.97. The van der Waals surface area contributed by atoms with Crippen LogP contribution in [-0.4, -0.2) is 40.2 Å². The Morgan fingerprint density at radius 2 is 1.91 bits per heavy atom. The average molecular weight is 479 g/mol. The molecule has 35 heavy (non-hydrogen) atoms. The van der Waals surface area contributed by atoms with E-state index in [1.807, 2.05) is 32.3 Å². The van der Waals surface area contributed by atoms with E-state index in [1.54, 1.807) is 23.9 Å². The third-order valence-corrected chi connectivity index (χ3v) is 5.21. The number of alkyl halides is 2. The summed E-state index contributed by atoms with van der Waals surface area (Å²) in [6, 6.07) is 11.2. The van der Waals surface area contributed by atoms with E-state index in [1.165, 1.54) is 28.8 Å². The van der Waals surface area contributed by atoms with Gasteiger partial charge in [-0.05, 0) is 49.5 Å². The van der Waals surface area contributed by atoms with Gasteiger partial charge in [-0.25, -0.2) is 4.99 Å². The van der Waals surface area contributed by atoms with Crippen molar-refractivity contribution in [2.75, 3.05) is 6.61 Å². The van der Waals surface area contributed by atoms with Gasteiger partial charge in [0.1, 0.15) is 17.1 Å². The molecule has 0 unspecified atom stereocenters. The van der Waals surface area contributed by atoms with Gasteiger partial charge >= 0.3 is 6.61 Å². The predicted molar refractivity (Wildman–Crippen MR) is 132 cm³/mol. The van der Waals surface area contributed by atoms with E-state index in [0.29, 0.717) is 29.4 Å². The third kappa shape index (κ3) is 4.96. The first kappa shape index (κ1) is 23.8. The molecule has 180 valence electrons. The molecule has 0 fully saturated rings. The summed E-state index contributed by atoms with van der Waals surface area (Å²) in [6.07, 6.45) is 3.41. The molecule has 4 rings (SSSR count). The van der Waals surface area contributed by atoms with Crippen LogP contribution in [0.15, 0.2) is 69.6 Å². The molecule has 0 spiro atoms. The molecule has 0 aliphatic carbocycles. The van der Waals surface area contributed by atoms with Crippen LogP contribution in [-0.2, 0) is 11.8 Å². The second kappa shape index (κ2) is 9.88. The lowest BCUT2D eigenvalue weighted by Gasteiger charge is -2.15. The minimum Gasteiger partial charge on any atom is -0.481 e. The smallest absolute Gasteiger partial charge is 0.387 e. The SMILES string of the molecule is C=Nc1cn(-c2ccc3nn(C)cc3c2)c(=O)c(-c2ccc(OC(F)F)cc2)c1N=C(C)OCC. The van der Waals surface area contributed by atoms with Crippen molar-refractivity contribution in [2.45, 2.75) is 20.5 Å². The summed E-state index contributed by atoms with van der Waals surface area (Å²) < 4.78 is 38.3. The fraction of sp³-hybridized carbons (Fsp3) is 0.200. The monoisotopic (exact) mass is 479 g/mol. The molecule has 0 saturated heterocycles. The van der Waals surface area contributed by atoms with Crippen LogP contribution < -0.4 is 10.3 Å². The molecule has 0 atom stereocenters. The molecule has 8 nitrogen and oxygen atoms in total. The number of rotatable bonds is 7. The van der Waals surface area contributed by atoms with Gasteiger partial charge in [-0.15, -0.1) is 0 Å². The summed E-state index contributed by atoms with van der Waals surface area (Å²) in [5.41, 5.74) is 2.26. The van der Waals surface area contributed by atoms with Crippen molar-refractivity contribution in [3.63, 3.8) is 0 Å². The molecular weight excluding hydrogens is 456 g/mol. The van der Waals surface area contributed by atoms with Gasteiger partial charge in [0.05, 0.1) is 17.7 Å². The fourth-order valence-electron chi connectivity index (χ4n) is 3.76. The molecule has 0 bridgehead atoms. The van der Waals surface area contributed by atoms with Crippen LogP contribution in [0.5, 0.6) is 5.75 Å². The minimum atomic E-state index is -2.96. The summed E-state index contributed by atoms with van der Waals surface area (Å²) >= 11 is 0. The number of ether oxygens (including phenoxy) is 2. The number of hydrogen-bond acceptors (Lipinski definition) is 6. The molecule has 0 N–H and O–H groups in total. The standard InChI is InChI=1S/C25H23F2N5O3/c1-5-34-15(2)29-23-21(28-3)14-32(18-8-11-20-17(12-18)13-31(4)30-20)24(33)22(23)16-6-9-19(10-7-16)35-25(26)27/h6-14,25H,3,5H2,1-2,4H3. The van der Waals surface area contributed by atoms with Crippen LogP contribution in [0.25, 0.3) is 27.7 Å². The number of fused-ring (bicyclic) bond motifs is 1. The Morgan fingerprint density at radius 3 is 2.57 bits per heavy atom. The van der Waals surface area contributed by atoms with E-state index in [0.717, 1.165) is 10.9 Å². The van der Waals surface area contributed by atoms with Crippen molar-refractivity contribution in [3.05, 3.63) is 65.2 Å². The van der Waals surface area contributed by atoms with Crippen LogP contribution in [0.3, 0.4) is 0 Å². The van der Waals surface area contributed by atoms with Gasteiger partial charge in [0.2, 0.25) is 0 Å². The summed E-state index contributed by atoms with van der Waals surface area (Å²) in [7, 11) is 1.82. The molecular formula is C25H23F2N5O3. The molecule has 0 saturated carbocycles. The normalized spacial score (nSPS) is 11.8. The van der Waals surface area contributed by atoms with Gasteiger partial charge < -0.3 is 9.47 Å². The summed E-state index contributed by atoms with van der Waals surface area (Å²) in [5, 5.41) is 5.22. The van der Waals surface area contributed by atoms with Crippen molar-refractivity contribution in [3.8, 4) is 22.6 Å². The van der Waals surface area contributed by atoms with Gasteiger partial charge in [-0.2, -0.15) is 13.9 Å². The van der Waals surface area contributed by atoms with E-state index in [4.69, 9.17) is 4.74 Å². The molecule has 0 aliphatic rings. The van der Waals surface area contributed by atoms with Crippen LogP contribution in [0.4, 0.5) is 20.2 Å². The van der Waals surface area contributed by atoms with Crippen molar-refractivity contribution in [1.82, 2.24) is 14.3 Å². The van der Waals surface area contributed by atoms with Crippen LogP contribution in [0.2, 0.25) is 0 Å². The molecule has 2 aromatic heterocycles. The summed E-state index contributed by atoms with van der Waals surface area (Å²) in [5.74, 6) is 0.310. The Bertz CT molecular complexity index is 1470. The molecule has 10 heteroatoms. The first-order chi connectivity index (χ1) is 16.8. The lowest BCUT2D eigenvalue weighted by molar-refractivity contribution is -0.0498. The van der Waals surface area contributed by atoms with Crippen LogP contribution in [0, 0.1) is 0 Å². The van der Waals surface area contributed by atoms with E-state index in [9.17, 15) is 13.6 Å². The molecule has 2 aromatic carbocycles. The summed E-state index contributed by atoms with van der Waals surface area (Å²) in [6.45, 7) is 4.58. The second-order valence-corrected chi connectivity index (χ2v) is 7.58. The van der Waals surface area contributed by atoms with Gasteiger partial charge in [-0.3, -0.25) is 19.0 Å². The van der Waals surface area contributed by atoms with E-state index < -0.39 is 6.61 Å². The maximum Gasteiger partial charge on any atom is 0.387 e. The number of hydrogen-bond donors (Lipinski definition) is 0. The van der Waals surface area contributed by atoms with Gasteiger partial charge in [-0.1, -0.05) is 12.1 Å². The third-order valence-electron chi connectivity index (χ3n) is 5.21. The highest BCUT2D eigenvalue weighted by Gasteiger charge is 2.19. The van der Waals surface area contributed by atoms with Gasteiger partial charge in [0.25, 0.3) is 5.56 Å². The highest BCUT2D eigenvalue weighted by atomic mass is 19.3. The average Bonchev–Trinajstić information content (AvgIpc) is 3.19. The van der Waals surface area contributed by atoms with Crippen molar-refractivity contribution >= 4 is 34.9 Å². The van der Waals surface area contributed by atoms with E-state index >= 15 is 0 Å². The molecule has 0 amide bonds. The Labute approximate surface area is 199 Å². The molecule has 0 radical (unpaired) electrons. The lowest BCUT2D eigenvalue weighted by atomic mass is 10.0. The zero-order valence-corrected chi connectivity index (χ0v) is 19.4. The molecule has 4 aromatic rings. The summed E-state index contributed by atoms with van der Waals surface area (Å²) in [4.78, 5) is 22.4. The van der Waals surface area contributed by atoms with Crippen molar-refractivity contribution < 1.29 is 18.3 Å². The van der Waals surface area contributed by atoms with Crippen LogP contribution in [0.1, 0.15) is 13.8 Å². The fourth-order valence-corrected chi connectivity index (χ4v) is 3.76. The Kier molecular flexibility index (Phi) is 6.72. The zero-order chi connectivity index (χ0) is 25.1. The van der Waals surface area contributed by atoms with Crippen LogP contribution >= 0.6 is 0 Å². The largest absolute Gasteiger partial charge is 0.481 e. The zero-order valence-electron chi connectivity index (χ0n) is 19.4. The predicted octanol–water partition coefficient (Wildman–Crippen LogP) is 5.41. The maximum atomic E-state index is 13.8. The van der Waals surface area contributed by atoms with Gasteiger partial charge in [0.15, 0.2) is 5.90 Å². The number of aryl methyl sites for hydroxylation is 1. The van der Waals surface area contributed by atoms with Gasteiger partial charge in [0, 0.05) is 37.4 Å². The second-order valence-electron chi connectivity index (χ2n) is 7.58. The number of halogens is 2. The number of benzene rings is 2. The minimum absolute atomic E-state index is 0.0281. The molecule has 2 heterocycles. The number of nitrogens with zero attached hydrogens (tertiary/aromatic N) is 5. The van der Waals surface area contributed by atoms with E-state index in [2.05, 4.69) is 26.5 Å². The number of pyridine rings is 1. The topological polar surface area (TPSA) is 83.0 Å². The number of aliphatic imine (C=N–C) groups is 2. The lowest BCUT2D eigenvalue weighted by Crippen LogP contribution is -2.20. The first-order valence-corrected chi connectivity index (χ1v) is 10.7. The Morgan fingerprint density at radius 1 is 1.17 bits per heavy atom.